The van der Waals surface area contributed by atoms with Crippen LogP contribution >= 0.6 is 0 Å². The molecule has 5 nitrogen and oxygen atoms in total. The number of aromatic nitrogens is 2. The summed E-state index contributed by atoms with van der Waals surface area (Å²) in [4.78, 5) is 0. The van der Waals surface area contributed by atoms with Crippen molar-refractivity contribution in [2.24, 2.45) is 0 Å². The van der Waals surface area contributed by atoms with E-state index in [0.717, 1.165) is 5.56 Å². The molecule has 0 saturated carbocycles. The first kappa shape index (κ1) is 14.8. The van der Waals surface area contributed by atoms with E-state index in [0.29, 0.717) is 18.8 Å². The van der Waals surface area contributed by atoms with Gasteiger partial charge in [-0.1, -0.05) is 0 Å². The average Bonchev–Trinajstić information content (AvgIpc) is 2.99. The highest BCUT2D eigenvalue weighted by molar-refractivity contribution is 5.09. The minimum Gasteiger partial charge on any atom is -0.466 e. The van der Waals surface area contributed by atoms with Crippen LogP contribution in [0.4, 0.5) is 0 Å². The summed E-state index contributed by atoms with van der Waals surface area (Å²) in [6.45, 7) is 9.14. The van der Waals surface area contributed by atoms with Gasteiger partial charge in [0.05, 0.1) is 18.0 Å². The lowest BCUT2D eigenvalue weighted by Crippen LogP contribution is -2.34. The molecule has 0 aromatic carbocycles. The summed E-state index contributed by atoms with van der Waals surface area (Å²) in [7, 11) is 0. The van der Waals surface area contributed by atoms with Crippen LogP contribution in [0.15, 0.2) is 35.2 Å². The number of nitrogens with one attached hydrogen (secondary N) is 1. The van der Waals surface area contributed by atoms with Gasteiger partial charge in [0.25, 0.3) is 0 Å². The van der Waals surface area contributed by atoms with E-state index in [2.05, 4.69) is 31.2 Å². The molecule has 110 valence electrons. The van der Waals surface area contributed by atoms with Gasteiger partial charge < -0.3 is 14.8 Å². The maximum Gasteiger partial charge on any atom is 0.136 e. The van der Waals surface area contributed by atoms with Crippen molar-refractivity contribution < 1.29 is 9.52 Å². The highest BCUT2D eigenvalue weighted by Crippen LogP contribution is 2.20. The van der Waals surface area contributed by atoms with Crippen molar-refractivity contribution in [1.82, 2.24) is 15.1 Å². The zero-order valence-electron chi connectivity index (χ0n) is 12.6. The predicted molar refractivity (Wildman–Crippen MR) is 77.2 cm³/mol. The number of rotatable bonds is 5. The summed E-state index contributed by atoms with van der Waals surface area (Å²) in [5.41, 5.74) is 0.0664. The Labute approximate surface area is 119 Å². The van der Waals surface area contributed by atoms with E-state index < -0.39 is 5.60 Å². The number of furan rings is 1. The van der Waals surface area contributed by atoms with Crippen molar-refractivity contribution in [2.75, 3.05) is 6.54 Å². The van der Waals surface area contributed by atoms with Gasteiger partial charge in [-0.2, -0.15) is 5.10 Å². The fourth-order valence-corrected chi connectivity index (χ4v) is 1.94. The smallest absolute Gasteiger partial charge is 0.136 e. The molecule has 1 unspecified atom stereocenters. The summed E-state index contributed by atoms with van der Waals surface area (Å²) in [5.74, 6) is 0.565. The highest BCUT2D eigenvalue weighted by atomic mass is 16.4. The van der Waals surface area contributed by atoms with Gasteiger partial charge in [0.2, 0.25) is 0 Å². The van der Waals surface area contributed by atoms with E-state index in [1.807, 2.05) is 17.1 Å². The lowest BCUT2D eigenvalue weighted by atomic mass is 10.0. The van der Waals surface area contributed by atoms with E-state index in [9.17, 15) is 5.11 Å². The van der Waals surface area contributed by atoms with E-state index in [4.69, 9.17) is 4.42 Å². The Morgan fingerprint density at radius 1 is 1.35 bits per heavy atom. The molecule has 5 heteroatoms. The third kappa shape index (κ3) is 3.49. The minimum atomic E-state index is -1.01. The summed E-state index contributed by atoms with van der Waals surface area (Å²) >= 11 is 0. The molecule has 0 aliphatic heterocycles. The third-order valence-electron chi connectivity index (χ3n) is 3.17. The van der Waals surface area contributed by atoms with Gasteiger partial charge >= 0.3 is 0 Å². The second kappa shape index (κ2) is 5.42. The first-order chi connectivity index (χ1) is 9.29. The molecule has 2 N–H and O–H groups in total. The quantitative estimate of drug-likeness (QED) is 0.879. The van der Waals surface area contributed by atoms with Crippen LogP contribution in [-0.4, -0.2) is 21.4 Å². The zero-order valence-corrected chi connectivity index (χ0v) is 12.6. The van der Waals surface area contributed by atoms with E-state index in [-0.39, 0.29) is 5.54 Å². The van der Waals surface area contributed by atoms with Crippen LogP contribution in [-0.2, 0) is 17.7 Å². The lowest BCUT2D eigenvalue weighted by molar-refractivity contribution is 0.0340. The second-order valence-electron chi connectivity index (χ2n) is 6.32. The first-order valence-electron chi connectivity index (χ1n) is 6.80. The maximum absolute atomic E-state index is 10.3. The molecule has 0 radical (unpaired) electrons. The van der Waals surface area contributed by atoms with Crippen molar-refractivity contribution in [3.63, 3.8) is 0 Å². The summed E-state index contributed by atoms with van der Waals surface area (Å²) in [6, 6.07) is 3.55. The van der Waals surface area contributed by atoms with Crippen LogP contribution < -0.4 is 5.32 Å². The van der Waals surface area contributed by atoms with Gasteiger partial charge in [-0.25, -0.2) is 0 Å². The minimum absolute atomic E-state index is 0.0160. The van der Waals surface area contributed by atoms with Gasteiger partial charge in [0.1, 0.15) is 11.4 Å². The average molecular weight is 277 g/mol. The number of nitrogens with zero attached hydrogens (tertiary/aromatic N) is 2. The van der Waals surface area contributed by atoms with Crippen LogP contribution in [0.5, 0.6) is 0 Å². The zero-order chi connectivity index (χ0) is 14.8. The fraction of sp³-hybridized carbons (Fsp3) is 0.533. The Morgan fingerprint density at radius 2 is 2.10 bits per heavy atom. The van der Waals surface area contributed by atoms with Crippen molar-refractivity contribution in [3.05, 3.63) is 42.1 Å². The van der Waals surface area contributed by atoms with Gasteiger partial charge in [-0.15, -0.1) is 0 Å². The lowest BCUT2D eigenvalue weighted by Gasteiger charge is -2.21. The first-order valence-corrected chi connectivity index (χ1v) is 6.80. The maximum atomic E-state index is 10.3. The van der Waals surface area contributed by atoms with Crippen molar-refractivity contribution in [1.29, 1.82) is 0 Å². The van der Waals surface area contributed by atoms with Crippen molar-refractivity contribution >= 4 is 0 Å². The molecule has 0 fully saturated rings. The van der Waals surface area contributed by atoms with E-state index in [1.165, 1.54) is 0 Å². The summed E-state index contributed by atoms with van der Waals surface area (Å²) in [5, 5.41) is 17.9. The molecule has 0 spiro atoms. The monoisotopic (exact) mass is 277 g/mol. The van der Waals surface area contributed by atoms with Gasteiger partial charge in [-0.05, 0) is 39.8 Å². The standard InChI is InChI=1S/C15H23N3O2/c1-14(2,3)18-10-12(9-17-18)8-16-11-15(4,19)13-6-5-7-20-13/h5-7,9-10,16,19H,8,11H2,1-4H3. The van der Waals surface area contributed by atoms with Crippen LogP contribution in [0.25, 0.3) is 0 Å². The van der Waals surface area contributed by atoms with Gasteiger partial charge in [0, 0.05) is 24.8 Å². The molecule has 0 aliphatic rings. The van der Waals surface area contributed by atoms with Crippen molar-refractivity contribution in [3.8, 4) is 0 Å². The molecule has 2 aromatic rings. The molecule has 2 aromatic heterocycles. The Bertz CT molecular complexity index is 536. The normalized spacial score (nSPS) is 15.2. The molecule has 1 atom stereocenters. The summed E-state index contributed by atoms with van der Waals surface area (Å²) in [6.07, 6.45) is 5.44. The molecular weight excluding hydrogens is 254 g/mol. The van der Waals surface area contributed by atoms with Gasteiger partial charge in [-0.3, -0.25) is 4.68 Å². The number of hydrogen-bond donors (Lipinski definition) is 2. The molecule has 0 amide bonds. The van der Waals surface area contributed by atoms with Crippen LogP contribution in [0, 0.1) is 0 Å². The fourth-order valence-electron chi connectivity index (χ4n) is 1.94. The SMILES string of the molecule is CC(O)(CNCc1cnn(C(C)(C)C)c1)c1ccco1. The van der Waals surface area contributed by atoms with Crippen molar-refractivity contribution in [2.45, 2.75) is 45.4 Å². The topological polar surface area (TPSA) is 63.2 Å². The van der Waals surface area contributed by atoms with E-state index in [1.54, 1.807) is 25.3 Å². The van der Waals surface area contributed by atoms with Crippen LogP contribution in [0.3, 0.4) is 0 Å². The highest BCUT2D eigenvalue weighted by Gasteiger charge is 2.25. The third-order valence-corrected chi connectivity index (χ3v) is 3.17. The second-order valence-corrected chi connectivity index (χ2v) is 6.32. The van der Waals surface area contributed by atoms with E-state index >= 15 is 0 Å². The van der Waals surface area contributed by atoms with Crippen LogP contribution in [0.1, 0.15) is 39.0 Å². The van der Waals surface area contributed by atoms with Crippen LogP contribution in [0.2, 0.25) is 0 Å². The molecule has 2 rings (SSSR count). The predicted octanol–water partition coefficient (Wildman–Crippen LogP) is 2.23. The molecule has 2 heterocycles. The number of hydrogen-bond acceptors (Lipinski definition) is 4. The summed E-state index contributed by atoms with van der Waals surface area (Å²) < 4.78 is 7.18. The molecular formula is C15H23N3O2. The molecule has 0 aliphatic carbocycles. The Morgan fingerprint density at radius 3 is 2.65 bits per heavy atom. The molecule has 0 saturated heterocycles. The molecule has 0 bridgehead atoms. The molecule has 20 heavy (non-hydrogen) atoms. The van der Waals surface area contributed by atoms with Gasteiger partial charge in [0.15, 0.2) is 0 Å². The largest absolute Gasteiger partial charge is 0.466 e. The number of aliphatic hydroxyl groups is 1. The Kier molecular flexibility index (Phi) is 4.01. The Hall–Kier alpha value is -1.59. The Balaban J connectivity index is 1.89.